The number of piperazine rings is 1. The summed E-state index contributed by atoms with van der Waals surface area (Å²) in [6.07, 6.45) is 1.68. The second-order valence-corrected chi connectivity index (χ2v) is 6.62. The van der Waals surface area contributed by atoms with E-state index in [2.05, 4.69) is 27.1 Å². The van der Waals surface area contributed by atoms with Crippen LogP contribution in [0, 0.1) is 10.1 Å². The minimum Gasteiger partial charge on any atom is -0.359 e. The Hall–Kier alpha value is -1.71. The van der Waals surface area contributed by atoms with E-state index in [9.17, 15) is 10.1 Å². The molecule has 0 bridgehead atoms. The summed E-state index contributed by atoms with van der Waals surface area (Å²) < 4.78 is 1.52. The Morgan fingerprint density at radius 1 is 1.45 bits per heavy atom. The predicted octanol–water partition coefficient (Wildman–Crippen LogP) is 1.35. The van der Waals surface area contributed by atoms with Gasteiger partial charge in [0, 0.05) is 44.1 Å². The number of aromatic nitrogens is 2. The molecule has 9 heteroatoms. The van der Waals surface area contributed by atoms with Crippen LogP contribution in [0.3, 0.4) is 0 Å². The third kappa shape index (κ3) is 3.06. The zero-order valence-electron chi connectivity index (χ0n) is 12.7. The average molecular weight is 324 g/mol. The van der Waals surface area contributed by atoms with Crippen molar-refractivity contribution in [2.24, 2.45) is 0 Å². The molecule has 0 amide bonds. The second-order valence-electron chi connectivity index (χ2n) is 5.75. The minimum atomic E-state index is -0.377. The van der Waals surface area contributed by atoms with Crippen molar-refractivity contribution in [3.05, 3.63) is 21.7 Å². The number of hydrogen-bond donors (Lipinski definition) is 1. The van der Waals surface area contributed by atoms with Crippen molar-refractivity contribution < 1.29 is 4.92 Å². The van der Waals surface area contributed by atoms with E-state index in [0.717, 1.165) is 32.7 Å². The first-order valence-electron chi connectivity index (χ1n) is 7.32. The molecule has 1 fully saturated rings. The Morgan fingerprint density at radius 2 is 2.18 bits per heavy atom. The molecule has 8 nitrogen and oxygen atoms in total. The molecule has 0 aromatic carbocycles. The van der Waals surface area contributed by atoms with Crippen LogP contribution in [0.25, 0.3) is 4.96 Å². The van der Waals surface area contributed by atoms with Gasteiger partial charge in [-0.3, -0.25) is 4.90 Å². The molecule has 0 saturated carbocycles. The number of imidazole rings is 1. The number of nitrogens with one attached hydrogen (secondary N) is 1. The van der Waals surface area contributed by atoms with E-state index >= 15 is 0 Å². The standard InChI is InChI=1S/C13H20N6O2S/c1-10(9-17-5-3-16(2)4-6-17)14-11-12(19(20)21)18-7-8-22-13(18)15-11/h7-8,10,14H,3-6,9H2,1-2H3. The summed E-state index contributed by atoms with van der Waals surface area (Å²) in [5, 5.41) is 16.3. The first-order chi connectivity index (χ1) is 10.5. The van der Waals surface area contributed by atoms with Gasteiger partial charge in [-0.15, -0.1) is 0 Å². The van der Waals surface area contributed by atoms with E-state index in [0.29, 0.717) is 10.8 Å². The van der Waals surface area contributed by atoms with Crippen molar-refractivity contribution in [1.29, 1.82) is 0 Å². The van der Waals surface area contributed by atoms with Crippen LogP contribution in [0.2, 0.25) is 0 Å². The molecular weight excluding hydrogens is 304 g/mol. The molecule has 0 spiro atoms. The minimum absolute atomic E-state index is 0.0153. The second kappa shape index (κ2) is 6.19. The lowest BCUT2D eigenvalue weighted by molar-refractivity contribution is -0.389. The van der Waals surface area contributed by atoms with E-state index in [1.54, 1.807) is 11.6 Å². The Labute approximate surface area is 132 Å². The number of anilines is 1. The topological polar surface area (TPSA) is 79.0 Å². The van der Waals surface area contributed by atoms with Gasteiger partial charge in [0.1, 0.15) is 6.20 Å². The summed E-state index contributed by atoms with van der Waals surface area (Å²) in [6.45, 7) is 7.08. The van der Waals surface area contributed by atoms with E-state index in [1.165, 1.54) is 15.7 Å². The molecule has 2 aromatic rings. The highest BCUT2D eigenvalue weighted by Gasteiger charge is 2.25. The molecule has 3 heterocycles. The molecular formula is C13H20N6O2S. The SMILES string of the molecule is CC(CN1CCN(C)CC1)Nc1nc2sccn2c1[N+](=O)[O-]. The molecule has 120 valence electrons. The summed E-state index contributed by atoms with van der Waals surface area (Å²) in [5.41, 5.74) is 0. The molecule has 2 aromatic heterocycles. The third-order valence-electron chi connectivity index (χ3n) is 3.92. The molecule has 3 rings (SSSR count). The molecule has 22 heavy (non-hydrogen) atoms. The molecule has 1 aliphatic heterocycles. The van der Waals surface area contributed by atoms with Crippen molar-refractivity contribution in [3.8, 4) is 0 Å². The molecule has 1 N–H and O–H groups in total. The average Bonchev–Trinajstić information content (AvgIpc) is 3.01. The van der Waals surface area contributed by atoms with Crippen molar-refractivity contribution in [1.82, 2.24) is 19.2 Å². The summed E-state index contributed by atoms with van der Waals surface area (Å²) in [5.74, 6) is 0.375. The van der Waals surface area contributed by atoms with E-state index in [4.69, 9.17) is 0 Å². The molecule has 1 aliphatic rings. The highest BCUT2D eigenvalue weighted by molar-refractivity contribution is 7.15. The first-order valence-corrected chi connectivity index (χ1v) is 8.20. The summed E-state index contributed by atoms with van der Waals surface area (Å²) in [6, 6.07) is 0.103. The highest BCUT2D eigenvalue weighted by atomic mass is 32.1. The Bertz CT molecular complexity index is 661. The quantitative estimate of drug-likeness (QED) is 0.661. The van der Waals surface area contributed by atoms with E-state index in [-0.39, 0.29) is 16.8 Å². The summed E-state index contributed by atoms with van der Waals surface area (Å²) in [4.78, 5) is 20.6. The maximum atomic E-state index is 11.3. The van der Waals surface area contributed by atoms with E-state index in [1.807, 2.05) is 6.92 Å². The largest absolute Gasteiger partial charge is 0.372 e. The Morgan fingerprint density at radius 3 is 2.86 bits per heavy atom. The van der Waals surface area contributed by atoms with Gasteiger partial charge in [0.15, 0.2) is 0 Å². The van der Waals surface area contributed by atoms with Crippen LogP contribution < -0.4 is 5.32 Å². The fourth-order valence-electron chi connectivity index (χ4n) is 2.74. The van der Waals surface area contributed by atoms with Gasteiger partial charge in [-0.25, -0.2) is 0 Å². The Balaban J connectivity index is 1.68. The molecule has 1 unspecified atom stereocenters. The van der Waals surface area contributed by atoms with Gasteiger partial charge in [0.2, 0.25) is 5.82 Å². The van der Waals surface area contributed by atoms with Gasteiger partial charge < -0.3 is 20.3 Å². The van der Waals surface area contributed by atoms with Crippen LogP contribution in [0.4, 0.5) is 11.6 Å². The number of nitro groups is 1. The molecule has 1 saturated heterocycles. The van der Waals surface area contributed by atoms with Gasteiger partial charge >= 0.3 is 5.82 Å². The van der Waals surface area contributed by atoms with Crippen LogP contribution >= 0.6 is 11.3 Å². The van der Waals surface area contributed by atoms with Crippen LogP contribution in [0.5, 0.6) is 0 Å². The molecule has 1 atom stereocenters. The van der Waals surface area contributed by atoms with Crippen LogP contribution in [-0.4, -0.2) is 69.9 Å². The van der Waals surface area contributed by atoms with Crippen molar-refractivity contribution >= 4 is 27.9 Å². The predicted molar refractivity (Wildman–Crippen MR) is 86.7 cm³/mol. The van der Waals surface area contributed by atoms with Crippen molar-refractivity contribution in [2.45, 2.75) is 13.0 Å². The fourth-order valence-corrected chi connectivity index (χ4v) is 3.45. The number of nitrogens with zero attached hydrogens (tertiary/aromatic N) is 5. The number of likely N-dealkylation sites (N-methyl/N-ethyl adjacent to an activating group) is 1. The first kappa shape index (κ1) is 15.2. The number of hydrogen-bond acceptors (Lipinski definition) is 7. The zero-order valence-corrected chi connectivity index (χ0v) is 13.5. The summed E-state index contributed by atoms with van der Waals surface area (Å²) in [7, 11) is 2.13. The lowest BCUT2D eigenvalue weighted by atomic mass is 10.2. The lowest BCUT2D eigenvalue weighted by Crippen LogP contribution is -2.47. The fraction of sp³-hybridized carbons (Fsp3) is 0.615. The van der Waals surface area contributed by atoms with Crippen molar-refractivity contribution in [2.75, 3.05) is 45.1 Å². The normalized spacial score (nSPS) is 18.6. The summed E-state index contributed by atoms with van der Waals surface area (Å²) >= 11 is 1.39. The van der Waals surface area contributed by atoms with Crippen LogP contribution in [0.15, 0.2) is 11.6 Å². The van der Waals surface area contributed by atoms with Gasteiger partial charge in [0.25, 0.3) is 4.96 Å². The molecule has 0 radical (unpaired) electrons. The highest BCUT2D eigenvalue weighted by Crippen LogP contribution is 2.28. The monoisotopic (exact) mass is 324 g/mol. The third-order valence-corrected chi connectivity index (χ3v) is 4.68. The van der Waals surface area contributed by atoms with Crippen molar-refractivity contribution in [3.63, 3.8) is 0 Å². The van der Waals surface area contributed by atoms with Gasteiger partial charge in [-0.1, -0.05) is 11.3 Å². The van der Waals surface area contributed by atoms with Gasteiger partial charge in [-0.05, 0) is 18.9 Å². The Kier molecular flexibility index (Phi) is 4.27. The van der Waals surface area contributed by atoms with Gasteiger partial charge in [0.05, 0.1) is 0 Å². The maximum Gasteiger partial charge on any atom is 0.372 e. The number of fused-ring (bicyclic) bond motifs is 1. The van der Waals surface area contributed by atoms with Gasteiger partial charge in [-0.2, -0.15) is 9.38 Å². The zero-order chi connectivity index (χ0) is 15.7. The number of rotatable bonds is 5. The van der Waals surface area contributed by atoms with Crippen LogP contribution in [-0.2, 0) is 0 Å². The number of thiazole rings is 1. The maximum absolute atomic E-state index is 11.3. The molecule has 0 aliphatic carbocycles. The van der Waals surface area contributed by atoms with E-state index < -0.39 is 0 Å². The van der Waals surface area contributed by atoms with Crippen LogP contribution in [0.1, 0.15) is 6.92 Å². The lowest BCUT2D eigenvalue weighted by Gasteiger charge is -2.33. The smallest absolute Gasteiger partial charge is 0.359 e.